The molecule has 2 aromatic rings. The van der Waals surface area contributed by atoms with Crippen molar-refractivity contribution in [1.29, 1.82) is 0 Å². The van der Waals surface area contributed by atoms with E-state index < -0.39 is 0 Å². The molecule has 0 spiro atoms. The van der Waals surface area contributed by atoms with E-state index in [0.717, 1.165) is 11.4 Å². The predicted molar refractivity (Wildman–Crippen MR) is 101 cm³/mol. The molecule has 0 aromatic heterocycles. The standard InChI is InChI=1S/C19H19N.C2H4/c1-3-7-16(2)20-19-14-12-18(13-15-19)11-10-17-8-5-4-6-9-17;1-2/h3-15,20H,2H2,1H3;1-2H2/b7-3-,11-10+;. The summed E-state index contributed by atoms with van der Waals surface area (Å²) in [6, 6.07) is 18.6. The molecule has 0 radical (unpaired) electrons. The van der Waals surface area contributed by atoms with Crippen molar-refractivity contribution in [3.05, 3.63) is 103 Å². The molecule has 22 heavy (non-hydrogen) atoms. The molecule has 0 atom stereocenters. The first kappa shape index (κ1) is 17.3. The van der Waals surface area contributed by atoms with Crippen LogP contribution in [0.25, 0.3) is 12.2 Å². The summed E-state index contributed by atoms with van der Waals surface area (Å²) in [5.74, 6) is 0. The Morgan fingerprint density at radius 1 is 0.864 bits per heavy atom. The van der Waals surface area contributed by atoms with Crippen LogP contribution in [0.15, 0.2) is 92.2 Å². The van der Waals surface area contributed by atoms with Gasteiger partial charge in [-0.15, -0.1) is 13.2 Å². The van der Waals surface area contributed by atoms with Crippen LogP contribution in [0.1, 0.15) is 18.1 Å². The van der Waals surface area contributed by atoms with Crippen molar-refractivity contribution in [1.82, 2.24) is 0 Å². The Hall–Kier alpha value is -2.80. The largest absolute Gasteiger partial charge is 0.356 e. The molecule has 0 aliphatic heterocycles. The van der Waals surface area contributed by atoms with Gasteiger partial charge in [0.25, 0.3) is 0 Å². The molecule has 0 aliphatic carbocycles. The molecule has 2 rings (SSSR count). The number of hydrogen-bond acceptors (Lipinski definition) is 1. The zero-order chi connectivity index (χ0) is 16.2. The molecule has 0 heterocycles. The highest BCUT2D eigenvalue weighted by Gasteiger charge is 1.93. The molecule has 1 heteroatoms. The average Bonchev–Trinajstić information content (AvgIpc) is 2.57. The normalized spacial score (nSPS) is 10.2. The molecular weight excluding hydrogens is 266 g/mol. The van der Waals surface area contributed by atoms with Gasteiger partial charge in [-0.1, -0.05) is 67.3 Å². The minimum Gasteiger partial charge on any atom is -0.356 e. The maximum Gasteiger partial charge on any atom is 0.0384 e. The van der Waals surface area contributed by atoms with E-state index in [-0.39, 0.29) is 0 Å². The Balaban J connectivity index is 0.00000116. The van der Waals surface area contributed by atoms with Gasteiger partial charge in [0, 0.05) is 11.4 Å². The van der Waals surface area contributed by atoms with Crippen LogP contribution in [-0.4, -0.2) is 0 Å². The maximum atomic E-state index is 3.93. The minimum absolute atomic E-state index is 0.889. The third-order valence-corrected chi connectivity index (χ3v) is 2.85. The third kappa shape index (κ3) is 6.10. The lowest BCUT2D eigenvalue weighted by Gasteiger charge is -2.05. The van der Waals surface area contributed by atoms with Gasteiger partial charge >= 0.3 is 0 Å². The summed E-state index contributed by atoms with van der Waals surface area (Å²) in [4.78, 5) is 0. The Labute approximate surface area is 134 Å². The van der Waals surface area contributed by atoms with E-state index in [1.165, 1.54) is 11.1 Å². The topological polar surface area (TPSA) is 12.0 Å². The molecule has 0 bridgehead atoms. The zero-order valence-corrected chi connectivity index (χ0v) is 13.1. The molecule has 0 fully saturated rings. The Bertz CT molecular complexity index is 619. The predicted octanol–water partition coefficient (Wildman–Crippen LogP) is 6.16. The van der Waals surface area contributed by atoms with Crippen LogP contribution in [0.2, 0.25) is 0 Å². The first-order chi connectivity index (χ1) is 10.8. The van der Waals surface area contributed by atoms with E-state index in [4.69, 9.17) is 0 Å². The van der Waals surface area contributed by atoms with Crippen molar-refractivity contribution < 1.29 is 0 Å². The second kappa shape index (κ2) is 10.0. The first-order valence-corrected chi connectivity index (χ1v) is 7.20. The number of rotatable bonds is 5. The van der Waals surface area contributed by atoms with E-state index >= 15 is 0 Å². The van der Waals surface area contributed by atoms with E-state index in [1.54, 1.807) is 0 Å². The average molecular weight is 289 g/mol. The van der Waals surface area contributed by atoms with Crippen LogP contribution in [0.3, 0.4) is 0 Å². The maximum absolute atomic E-state index is 3.93. The Kier molecular flexibility index (Phi) is 7.84. The van der Waals surface area contributed by atoms with Gasteiger partial charge in [-0.3, -0.25) is 0 Å². The Morgan fingerprint density at radius 3 is 1.95 bits per heavy atom. The van der Waals surface area contributed by atoms with Crippen LogP contribution in [0.4, 0.5) is 5.69 Å². The summed E-state index contributed by atoms with van der Waals surface area (Å²) in [5, 5.41) is 3.24. The zero-order valence-electron chi connectivity index (χ0n) is 13.1. The quantitative estimate of drug-likeness (QED) is 0.395. The fourth-order valence-corrected chi connectivity index (χ4v) is 1.86. The van der Waals surface area contributed by atoms with E-state index in [0.29, 0.717) is 0 Å². The van der Waals surface area contributed by atoms with E-state index in [1.807, 2.05) is 37.3 Å². The molecular formula is C21H23N. The fourth-order valence-electron chi connectivity index (χ4n) is 1.86. The summed E-state index contributed by atoms with van der Waals surface area (Å²) in [6.07, 6.45) is 8.14. The minimum atomic E-state index is 0.889. The molecule has 0 aliphatic rings. The van der Waals surface area contributed by atoms with Crippen LogP contribution in [0, 0.1) is 0 Å². The number of nitrogens with one attached hydrogen (secondary N) is 1. The SMILES string of the molecule is C=C.C=C(/C=C\C)Nc1ccc(/C=C/c2ccccc2)cc1. The van der Waals surface area contributed by atoms with Gasteiger partial charge in [-0.05, 0) is 36.3 Å². The lowest BCUT2D eigenvalue weighted by Crippen LogP contribution is -1.94. The molecule has 1 N–H and O–H groups in total. The van der Waals surface area contributed by atoms with Crippen molar-refractivity contribution in [3.63, 3.8) is 0 Å². The van der Waals surface area contributed by atoms with Crippen LogP contribution >= 0.6 is 0 Å². The smallest absolute Gasteiger partial charge is 0.0384 e. The van der Waals surface area contributed by atoms with Crippen LogP contribution in [-0.2, 0) is 0 Å². The van der Waals surface area contributed by atoms with Gasteiger partial charge in [-0.2, -0.15) is 0 Å². The third-order valence-electron chi connectivity index (χ3n) is 2.85. The van der Waals surface area contributed by atoms with Gasteiger partial charge in [0.15, 0.2) is 0 Å². The molecule has 1 nitrogen and oxygen atoms in total. The monoisotopic (exact) mass is 289 g/mol. The Morgan fingerprint density at radius 2 is 1.41 bits per heavy atom. The van der Waals surface area contributed by atoms with Gasteiger partial charge in [0.05, 0.1) is 0 Å². The highest BCUT2D eigenvalue weighted by molar-refractivity contribution is 5.70. The van der Waals surface area contributed by atoms with E-state index in [2.05, 4.69) is 73.6 Å². The van der Waals surface area contributed by atoms with Crippen molar-refractivity contribution >= 4 is 17.8 Å². The summed E-state index contributed by atoms with van der Waals surface area (Å²) >= 11 is 0. The second-order valence-corrected chi connectivity index (χ2v) is 4.52. The number of allylic oxidation sites excluding steroid dienone is 2. The molecule has 2 aromatic carbocycles. The second-order valence-electron chi connectivity index (χ2n) is 4.52. The fraction of sp³-hybridized carbons (Fsp3) is 0.0476. The lowest BCUT2D eigenvalue weighted by atomic mass is 10.1. The number of benzene rings is 2. The summed E-state index contributed by atoms with van der Waals surface area (Å²) in [7, 11) is 0. The van der Waals surface area contributed by atoms with Crippen molar-refractivity contribution in [2.75, 3.05) is 5.32 Å². The molecule has 0 unspecified atom stereocenters. The van der Waals surface area contributed by atoms with Gasteiger partial charge in [0.2, 0.25) is 0 Å². The summed E-state index contributed by atoms with van der Waals surface area (Å²) < 4.78 is 0. The highest BCUT2D eigenvalue weighted by atomic mass is 14.9. The number of anilines is 1. The van der Waals surface area contributed by atoms with Crippen molar-refractivity contribution in [2.24, 2.45) is 0 Å². The summed E-state index contributed by atoms with van der Waals surface area (Å²) in [6.45, 7) is 11.9. The van der Waals surface area contributed by atoms with Crippen molar-refractivity contribution in [2.45, 2.75) is 6.92 Å². The summed E-state index contributed by atoms with van der Waals surface area (Å²) in [5.41, 5.74) is 4.32. The number of hydrogen-bond donors (Lipinski definition) is 1. The molecule has 0 amide bonds. The molecule has 0 saturated carbocycles. The first-order valence-electron chi connectivity index (χ1n) is 7.20. The van der Waals surface area contributed by atoms with Crippen LogP contribution in [0.5, 0.6) is 0 Å². The van der Waals surface area contributed by atoms with Crippen LogP contribution < -0.4 is 5.32 Å². The van der Waals surface area contributed by atoms with E-state index in [9.17, 15) is 0 Å². The lowest BCUT2D eigenvalue weighted by molar-refractivity contribution is 1.48. The van der Waals surface area contributed by atoms with Gasteiger partial charge < -0.3 is 5.32 Å². The van der Waals surface area contributed by atoms with Crippen molar-refractivity contribution in [3.8, 4) is 0 Å². The highest BCUT2D eigenvalue weighted by Crippen LogP contribution is 2.14. The molecule has 0 saturated heterocycles. The van der Waals surface area contributed by atoms with Gasteiger partial charge in [-0.25, -0.2) is 0 Å². The van der Waals surface area contributed by atoms with Gasteiger partial charge in [0.1, 0.15) is 0 Å². The molecule has 112 valence electrons.